The summed E-state index contributed by atoms with van der Waals surface area (Å²) in [6.45, 7) is 5.58. The molecule has 188 valence electrons. The van der Waals surface area contributed by atoms with Gasteiger partial charge < -0.3 is 10.2 Å². The number of anilines is 1. The van der Waals surface area contributed by atoms with E-state index in [1.807, 2.05) is 60.7 Å². The molecule has 1 aliphatic heterocycles. The molecule has 35 heavy (non-hydrogen) atoms. The molecule has 1 saturated heterocycles. The Kier molecular flexibility index (Phi) is 12.1. The van der Waals surface area contributed by atoms with E-state index in [1.165, 1.54) is 0 Å². The Labute approximate surface area is 229 Å². The third-order valence-electron chi connectivity index (χ3n) is 5.94. The minimum absolute atomic E-state index is 0. The Morgan fingerprint density at radius 1 is 0.886 bits per heavy atom. The molecule has 1 aliphatic rings. The molecule has 4 rings (SSSR count). The number of rotatable bonds is 8. The van der Waals surface area contributed by atoms with E-state index in [1.54, 1.807) is 6.20 Å². The summed E-state index contributed by atoms with van der Waals surface area (Å²) in [5.74, 6) is -0.0328. The molecule has 1 aromatic heterocycles. The predicted molar refractivity (Wildman–Crippen MR) is 151 cm³/mol. The zero-order chi connectivity index (χ0) is 23.0. The maximum Gasteiger partial charge on any atom is 0.251 e. The minimum Gasteiger partial charge on any atom is -0.368 e. The molecule has 0 saturated carbocycles. The smallest absolute Gasteiger partial charge is 0.251 e. The highest BCUT2D eigenvalue weighted by Crippen LogP contribution is 2.32. The van der Waals surface area contributed by atoms with Gasteiger partial charge in [-0.1, -0.05) is 47.5 Å². The van der Waals surface area contributed by atoms with Crippen LogP contribution in [0.5, 0.6) is 0 Å². The number of nitrogens with zero attached hydrogens (tertiary/aromatic N) is 3. The summed E-state index contributed by atoms with van der Waals surface area (Å²) < 4.78 is 0. The number of piperazine rings is 1. The molecule has 0 radical (unpaired) electrons. The van der Waals surface area contributed by atoms with Crippen molar-refractivity contribution in [3.8, 4) is 11.3 Å². The lowest BCUT2D eigenvalue weighted by atomic mass is 10.1. The van der Waals surface area contributed by atoms with E-state index in [0.29, 0.717) is 22.2 Å². The average molecular weight is 556 g/mol. The summed E-state index contributed by atoms with van der Waals surface area (Å²) >= 11 is 12.5. The van der Waals surface area contributed by atoms with Gasteiger partial charge in [-0.2, -0.15) is 0 Å². The number of carbonyl (C=O) groups is 1. The Morgan fingerprint density at radius 3 is 2.31 bits per heavy atom. The number of unbranched alkanes of at least 4 members (excludes halogenated alkanes) is 1. The molecule has 2 heterocycles. The van der Waals surface area contributed by atoms with Crippen molar-refractivity contribution in [2.45, 2.75) is 12.8 Å². The molecule has 9 heteroatoms. The van der Waals surface area contributed by atoms with Gasteiger partial charge in [0.15, 0.2) is 0 Å². The van der Waals surface area contributed by atoms with Crippen molar-refractivity contribution in [2.24, 2.45) is 0 Å². The molecule has 1 N–H and O–H groups in total. The average Bonchev–Trinajstić information content (AvgIpc) is 2.86. The fourth-order valence-electron chi connectivity index (χ4n) is 4.04. The highest BCUT2D eigenvalue weighted by molar-refractivity contribution is 6.43. The van der Waals surface area contributed by atoms with Crippen LogP contribution in [0.25, 0.3) is 11.3 Å². The molecule has 0 spiro atoms. The molecule has 0 atom stereocenters. The van der Waals surface area contributed by atoms with Gasteiger partial charge in [-0.3, -0.25) is 14.7 Å². The molecular formula is C26H30Cl4N4O. The van der Waals surface area contributed by atoms with Gasteiger partial charge >= 0.3 is 0 Å². The van der Waals surface area contributed by atoms with Crippen molar-refractivity contribution >= 4 is 59.6 Å². The molecule has 3 aromatic rings. The molecule has 1 amide bonds. The van der Waals surface area contributed by atoms with Gasteiger partial charge in [0.2, 0.25) is 0 Å². The number of pyridine rings is 1. The number of hydrogen-bond acceptors (Lipinski definition) is 4. The Balaban J connectivity index is 0.00000216. The summed E-state index contributed by atoms with van der Waals surface area (Å²) in [5, 5.41) is 4.26. The van der Waals surface area contributed by atoms with Gasteiger partial charge in [-0.05, 0) is 55.8 Å². The van der Waals surface area contributed by atoms with E-state index in [4.69, 9.17) is 23.2 Å². The summed E-state index contributed by atoms with van der Waals surface area (Å²) in [6.07, 6.45) is 3.78. The van der Waals surface area contributed by atoms with Crippen molar-refractivity contribution < 1.29 is 4.79 Å². The first-order valence-corrected chi connectivity index (χ1v) is 12.1. The first-order valence-electron chi connectivity index (χ1n) is 11.3. The molecule has 0 aliphatic carbocycles. The Morgan fingerprint density at radius 2 is 1.63 bits per heavy atom. The van der Waals surface area contributed by atoms with Crippen molar-refractivity contribution in [3.05, 3.63) is 82.5 Å². The van der Waals surface area contributed by atoms with Crippen LogP contribution in [0.15, 0.2) is 66.9 Å². The monoisotopic (exact) mass is 554 g/mol. The fraction of sp³-hybridized carbons (Fsp3) is 0.308. The van der Waals surface area contributed by atoms with E-state index in [-0.39, 0.29) is 30.7 Å². The topological polar surface area (TPSA) is 48.5 Å². The lowest BCUT2D eigenvalue weighted by Gasteiger charge is -2.36. The fourth-order valence-corrected chi connectivity index (χ4v) is 4.45. The lowest BCUT2D eigenvalue weighted by Crippen LogP contribution is -2.46. The van der Waals surface area contributed by atoms with E-state index >= 15 is 0 Å². The first kappa shape index (κ1) is 29.2. The molecule has 0 unspecified atom stereocenters. The number of hydrogen-bond donors (Lipinski definition) is 1. The van der Waals surface area contributed by atoms with Gasteiger partial charge in [0.1, 0.15) is 0 Å². The van der Waals surface area contributed by atoms with Gasteiger partial charge in [0, 0.05) is 50.0 Å². The maximum atomic E-state index is 12.4. The Hall–Kier alpha value is -2.02. The largest absolute Gasteiger partial charge is 0.368 e. The predicted octanol–water partition coefficient (Wildman–Crippen LogP) is 6.23. The third-order valence-corrected chi connectivity index (χ3v) is 6.75. The zero-order valence-electron chi connectivity index (χ0n) is 19.3. The van der Waals surface area contributed by atoms with Crippen LogP contribution in [0.3, 0.4) is 0 Å². The van der Waals surface area contributed by atoms with Crippen LogP contribution in [-0.4, -0.2) is 55.1 Å². The van der Waals surface area contributed by atoms with E-state index < -0.39 is 0 Å². The normalized spacial score (nSPS) is 13.5. The summed E-state index contributed by atoms with van der Waals surface area (Å²) in [7, 11) is 0. The zero-order valence-corrected chi connectivity index (χ0v) is 22.5. The number of nitrogens with one attached hydrogen (secondary N) is 1. The summed E-state index contributed by atoms with van der Waals surface area (Å²) in [5.41, 5.74) is 3.59. The first-order chi connectivity index (χ1) is 16.1. The van der Waals surface area contributed by atoms with Crippen molar-refractivity contribution in [1.82, 2.24) is 15.2 Å². The van der Waals surface area contributed by atoms with Crippen LogP contribution < -0.4 is 10.2 Å². The van der Waals surface area contributed by atoms with Crippen molar-refractivity contribution in [2.75, 3.05) is 44.2 Å². The second-order valence-corrected chi connectivity index (χ2v) is 8.94. The summed E-state index contributed by atoms with van der Waals surface area (Å²) in [4.78, 5) is 21.5. The van der Waals surface area contributed by atoms with Crippen molar-refractivity contribution in [3.63, 3.8) is 0 Å². The number of amides is 1. The van der Waals surface area contributed by atoms with E-state index in [2.05, 4.69) is 20.1 Å². The molecular weight excluding hydrogens is 526 g/mol. The quantitative estimate of drug-likeness (QED) is 0.335. The van der Waals surface area contributed by atoms with Crippen LogP contribution in [0.1, 0.15) is 23.2 Å². The van der Waals surface area contributed by atoms with Gasteiger partial charge in [0.25, 0.3) is 5.91 Å². The van der Waals surface area contributed by atoms with Crippen LogP contribution in [-0.2, 0) is 0 Å². The minimum atomic E-state index is -0.0328. The number of benzene rings is 2. The maximum absolute atomic E-state index is 12.4. The second-order valence-electron chi connectivity index (χ2n) is 8.16. The van der Waals surface area contributed by atoms with E-state index in [0.717, 1.165) is 62.5 Å². The van der Waals surface area contributed by atoms with Gasteiger partial charge in [0.05, 0.1) is 21.4 Å². The molecule has 5 nitrogen and oxygen atoms in total. The third kappa shape index (κ3) is 7.99. The molecule has 0 bridgehead atoms. The highest BCUT2D eigenvalue weighted by atomic mass is 35.5. The number of carbonyl (C=O) groups excluding carboxylic acids is 1. The van der Waals surface area contributed by atoms with Crippen LogP contribution in [0, 0.1) is 0 Å². The SMILES string of the molecule is Cl.Cl.O=C(NCCCCN1CCN(c2cccc(Cl)c2Cl)CC1)c1ccc(-c2ccccn2)cc1. The number of aromatic nitrogens is 1. The number of halogens is 4. The molecule has 2 aromatic carbocycles. The summed E-state index contributed by atoms with van der Waals surface area (Å²) in [6, 6.07) is 19.2. The van der Waals surface area contributed by atoms with Gasteiger partial charge in [-0.25, -0.2) is 0 Å². The van der Waals surface area contributed by atoms with E-state index in [9.17, 15) is 4.79 Å². The van der Waals surface area contributed by atoms with Crippen LogP contribution in [0.2, 0.25) is 10.0 Å². The van der Waals surface area contributed by atoms with Crippen molar-refractivity contribution in [1.29, 1.82) is 0 Å². The standard InChI is InChI=1S/C26H28Cl2N4O.2ClH/c27-22-6-5-8-24(25(22)28)32-18-16-31(17-19-32)15-4-3-14-30-26(33)21-11-9-20(10-12-21)23-7-1-2-13-29-23;;/h1-2,5-13H,3-4,14-19H2,(H,30,33);2*1H. The van der Waals surface area contributed by atoms with Crippen LogP contribution >= 0.6 is 48.0 Å². The highest BCUT2D eigenvalue weighted by Gasteiger charge is 2.19. The second kappa shape index (κ2) is 14.5. The Bertz CT molecular complexity index is 1060. The van der Waals surface area contributed by atoms with Crippen LogP contribution in [0.4, 0.5) is 5.69 Å². The lowest BCUT2D eigenvalue weighted by molar-refractivity contribution is 0.0952. The van der Waals surface area contributed by atoms with Gasteiger partial charge in [-0.15, -0.1) is 24.8 Å². The molecule has 1 fully saturated rings.